The van der Waals surface area contributed by atoms with Gasteiger partial charge in [0.1, 0.15) is 6.04 Å². The van der Waals surface area contributed by atoms with Gasteiger partial charge in [-0.1, -0.05) is 53.5 Å². The molecule has 9 heteroatoms. The highest BCUT2D eigenvalue weighted by atomic mass is 35.5. The summed E-state index contributed by atoms with van der Waals surface area (Å²) in [6, 6.07) is 17.0. The Labute approximate surface area is 251 Å². The number of amides is 1. The number of nitrogens with one attached hydrogen (secondary N) is 1. The molecule has 1 amide bonds. The summed E-state index contributed by atoms with van der Waals surface area (Å²) in [5.74, 6) is -1.33. The second-order valence-electron chi connectivity index (χ2n) is 10.8. The van der Waals surface area contributed by atoms with E-state index in [0.717, 1.165) is 27.4 Å². The van der Waals surface area contributed by atoms with Crippen LogP contribution in [-0.2, 0) is 18.3 Å². The van der Waals surface area contributed by atoms with E-state index in [2.05, 4.69) is 22.4 Å². The summed E-state index contributed by atoms with van der Waals surface area (Å²) in [4.78, 5) is 43.5. The van der Waals surface area contributed by atoms with Crippen molar-refractivity contribution in [2.24, 2.45) is 7.05 Å². The predicted molar refractivity (Wildman–Crippen MR) is 166 cm³/mol. The summed E-state index contributed by atoms with van der Waals surface area (Å²) in [6.07, 6.45) is 3.95. The SMILES string of the molecule is Cc1c(-c2ccc(CC(NC(=O)c3c(Cl)cccc3Cl)C(=O)O)c3ncccc23)c(=O)n(C)c2ccc(C3CC3)cc12. The third kappa shape index (κ3) is 4.93. The Balaban J connectivity index is 1.43. The van der Waals surface area contributed by atoms with E-state index in [1.54, 1.807) is 36.0 Å². The number of carbonyl (C=O) groups excluding carboxylic acids is 1. The number of aryl methyl sites for hydroxylation is 2. The summed E-state index contributed by atoms with van der Waals surface area (Å²) >= 11 is 12.3. The molecule has 0 aliphatic heterocycles. The van der Waals surface area contributed by atoms with E-state index >= 15 is 0 Å². The van der Waals surface area contributed by atoms with Crippen molar-refractivity contribution >= 4 is 56.9 Å². The second kappa shape index (κ2) is 10.9. The van der Waals surface area contributed by atoms with Crippen molar-refractivity contribution < 1.29 is 14.7 Å². The van der Waals surface area contributed by atoms with Crippen LogP contribution in [0.1, 0.15) is 45.8 Å². The van der Waals surface area contributed by atoms with Gasteiger partial charge in [0.2, 0.25) is 0 Å². The molecule has 1 aliphatic carbocycles. The molecule has 1 atom stereocenters. The van der Waals surface area contributed by atoms with Crippen LogP contribution < -0.4 is 10.9 Å². The molecule has 1 fully saturated rings. The Hall–Kier alpha value is -4.20. The molecule has 2 aromatic heterocycles. The smallest absolute Gasteiger partial charge is 0.326 e. The van der Waals surface area contributed by atoms with Crippen LogP contribution in [0.15, 0.2) is 71.7 Å². The number of aliphatic carboxylic acids is 1. The van der Waals surface area contributed by atoms with Crippen molar-refractivity contribution in [1.82, 2.24) is 14.9 Å². The van der Waals surface area contributed by atoms with Crippen molar-refractivity contribution in [2.75, 3.05) is 0 Å². The quantitative estimate of drug-likeness (QED) is 0.217. The molecule has 1 unspecified atom stereocenters. The van der Waals surface area contributed by atoms with Crippen LogP contribution in [-0.4, -0.2) is 32.6 Å². The third-order valence-corrected chi connectivity index (χ3v) is 8.70. The first kappa shape index (κ1) is 27.9. The summed E-state index contributed by atoms with van der Waals surface area (Å²) in [6.45, 7) is 1.97. The van der Waals surface area contributed by atoms with Crippen LogP contribution in [0, 0.1) is 6.92 Å². The Morgan fingerprint density at radius 1 is 1.05 bits per heavy atom. The number of hydrogen-bond donors (Lipinski definition) is 2. The lowest BCUT2D eigenvalue weighted by molar-refractivity contribution is -0.139. The van der Waals surface area contributed by atoms with E-state index in [4.69, 9.17) is 23.2 Å². The topological polar surface area (TPSA) is 101 Å². The number of rotatable bonds is 7. The van der Waals surface area contributed by atoms with Gasteiger partial charge in [0, 0.05) is 30.4 Å². The highest BCUT2D eigenvalue weighted by Crippen LogP contribution is 2.42. The van der Waals surface area contributed by atoms with Crippen molar-refractivity contribution in [3.63, 3.8) is 0 Å². The Morgan fingerprint density at radius 2 is 1.79 bits per heavy atom. The van der Waals surface area contributed by atoms with Crippen LogP contribution in [0.5, 0.6) is 0 Å². The summed E-state index contributed by atoms with van der Waals surface area (Å²) in [7, 11) is 1.78. The van der Waals surface area contributed by atoms with Gasteiger partial charge >= 0.3 is 5.97 Å². The fraction of sp³-hybridized carbons (Fsp3) is 0.212. The minimum atomic E-state index is -1.28. The fourth-order valence-electron chi connectivity index (χ4n) is 5.69. The molecule has 7 nitrogen and oxygen atoms in total. The van der Waals surface area contributed by atoms with E-state index in [1.807, 2.05) is 25.1 Å². The lowest BCUT2D eigenvalue weighted by Gasteiger charge is -2.19. The van der Waals surface area contributed by atoms with Crippen molar-refractivity contribution in [2.45, 2.75) is 38.1 Å². The van der Waals surface area contributed by atoms with Gasteiger partial charge in [-0.25, -0.2) is 4.79 Å². The van der Waals surface area contributed by atoms with Gasteiger partial charge in [0.25, 0.3) is 11.5 Å². The molecule has 0 bridgehead atoms. The molecule has 212 valence electrons. The number of carboxylic acids is 1. The Bertz CT molecular complexity index is 1960. The molecule has 0 spiro atoms. The minimum Gasteiger partial charge on any atom is -0.480 e. The standard InChI is InChI=1S/C33H27Cl2N3O4/c1-17-23-15-19(18-8-9-18)11-13-27(23)38(2)32(40)28(17)21-12-10-20(30-22(21)5-4-14-36-30)16-26(33(41)42)37-31(39)29-24(34)6-3-7-25(29)35/h3-7,10-15,18,26H,8-9,16H2,1-2H3,(H,37,39)(H,41,42). The number of hydrogen-bond acceptors (Lipinski definition) is 4. The number of nitrogens with zero attached hydrogens (tertiary/aromatic N) is 2. The number of benzene rings is 3. The first-order valence-corrected chi connectivity index (χ1v) is 14.4. The molecular weight excluding hydrogens is 573 g/mol. The average Bonchev–Trinajstić information content (AvgIpc) is 3.82. The lowest BCUT2D eigenvalue weighted by atomic mass is 9.91. The highest BCUT2D eigenvalue weighted by Gasteiger charge is 2.27. The zero-order valence-electron chi connectivity index (χ0n) is 22.9. The molecule has 1 aliphatic rings. The van der Waals surface area contributed by atoms with Gasteiger partial charge in [-0.15, -0.1) is 0 Å². The first-order chi connectivity index (χ1) is 20.2. The number of carbonyl (C=O) groups is 2. The molecule has 5 aromatic rings. The number of aromatic nitrogens is 2. The summed E-state index contributed by atoms with van der Waals surface area (Å²) < 4.78 is 1.68. The third-order valence-electron chi connectivity index (χ3n) is 8.07. The largest absolute Gasteiger partial charge is 0.480 e. The maximum absolute atomic E-state index is 13.7. The molecule has 2 N–H and O–H groups in total. The van der Waals surface area contributed by atoms with E-state index in [9.17, 15) is 19.5 Å². The molecule has 3 aromatic carbocycles. The van der Waals surface area contributed by atoms with Gasteiger partial charge in [-0.2, -0.15) is 0 Å². The molecule has 1 saturated carbocycles. The van der Waals surface area contributed by atoms with Crippen molar-refractivity contribution in [3.8, 4) is 11.1 Å². The van der Waals surface area contributed by atoms with Crippen LogP contribution in [0.25, 0.3) is 32.9 Å². The molecular formula is C33H27Cl2N3O4. The van der Waals surface area contributed by atoms with Crippen molar-refractivity contribution in [1.29, 1.82) is 0 Å². The first-order valence-electron chi connectivity index (χ1n) is 13.6. The molecule has 42 heavy (non-hydrogen) atoms. The van der Waals surface area contributed by atoms with E-state index in [1.165, 1.54) is 30.5 Å². The van der Waals surface area contributed by atoms with Crippen molar-refractivity contribution in [3.05, 3.63) is 110 Å². The van der Waals surface area contributed by atoms with Gasteiger partial charge in [0.05, 0.1) is 32.2 Å². The maximum Gasteiger partial charge on any atom is 0.326 e. The molecule has 6 rings (SSSR count). The fourth-order valence-corrected chi connectivity index (χ4v) is 6.25. The maximum atomic E-state index is 13.7. The van der Waals surface area contributed by atoms with Crippen LogP contribution in [0.3, 0.4) is 0 Å². The molecule has 2 heterocycles. The number of halogens is 2. The Morgan fingerprint density at radius 3 is 2.48 bits per heavy atom. The van der Waals surface area contributed by atoms with Gasteiger partial charge in [0.15, 0.2) is 0 Å². The molecule has 0 radical (unpaired) electrons. The van der Waals surface area contributed by atoms with Gasteiger partial charge < -0.3 is 15.0 Å². The normalized spacial score (nSPS) is 13.8. The minimum absolute atomic E-state index is 0.0119. The van der Waals surface area contributed by atoms with Crippen LogP contribution in [0.2, 0.25) is 10.0 Å². The van der Waals surface area contributed by atoms with E-state index < -0.39 is 17.9 Å². The summed E-state index contributed by atoms with van der Waals surface area (Å²) in [5, 5.41) is 14.5. The van der Waals surface area contributed by atoms with Gasteiger partial charge in [-0.3, -0.25) is 14.6 Å². The van der Waals surface area contributed by atoms with Crippen LogP contribution in [0.4, 0.5) is 0 Å². The monoisotopic (exact) mass is 599 g/mol. The summed E-state index contributed by atoms with van der Waals surface area (Å²) in [5.41, 5.74) is 5.41. The highest BCUT2D eigenvalue weighted by molar-refractivity contribution is 6.39. The Kier molecular flexibility index (Phi) is 7.25. The molecule has 0 saturated heterocycles. The zero-order valence-corrected chi connectivity index (χ0v) is 24.5. The predicted octanol–water partition coefficient (Wildman–Crippen LogP) is 6.67. The number of fused-ring (bicyclic) bond motifs is 2. The average molecular weight is 601 g/mol. The lowest BCUT2D eigenvalue weighted by Crippen LogP contribution is -2.42. The number of pyridine rings is 2. The van der Waals surface area contributed by atoms with Crippen LogP contribution >= 0.6 is 23.2 Å². The van der Waals surface area contributed by atoms with E-state index in [0.29, 0.717) is 22.6 Å². The van der Waals surface area contributed by atoms with Gasteiger partial charge in [-0.05, 0) is 78.3 Å². The zero-order chi connectivity index (χ0) is 29.7. The van der Waals surface area contributed by atoms with E-state index in [-0.39, 0.29) is 27.6 Å². The second-order valence-corrected chi connectivity index (χ2v) is 11.6. The number of carboxylic acid groups (broad SMARTS) is 1.